The summed E-state index contributed by atoms with van der Waals surface area (Å²) in [6.45, 7) is 1.22. The average molecular weight is 385 g/mol. The number of amides is 2. The van der Waals surface area contributed by atoms with Crippen LogP contribution < -0.4 is 5.32 Å². The molecule has 1 aromatic heterocycles. The Bertz CT molecular complexity index is 787. The van der Waals surface area contributed by atoms with E-state index in [4.69, 9.17) is 4.42 Å². The minimum absolute atomic E-state index is 0.0349. The van der Waals surface area contributed by atoms with Crippen LogP contribution in [0.3, 0.4) is 0 Å². The van der Waals surface area contributed by atoms with Gasteiger partial charge in [-0.3, -0.25) is 9.59 Å². The van der Waals surface area contributed by atoms with Gasteiger partial charge in [0.15, 0.2) is 5.76 Å². The van der Waals surface area contributed by atoms with Gasteiger partial charge in [-0.1, -0.05) is 36.4 Å². The van der Waals surface area contributed by atoms with Crippen LogP contribution >= 0.6 is 11.8 Å². The molecule has 1 aliphatic rings. The molecule has 2 amide bonds. The molecule has 0 unspecified atom stereocenters. The lowest BCUT2D eigenvalue weighted by molar-refractivity contribution is -0.132. The summed E-state index contributed by atoms with van der Waals surface area (Å²) in [6.07, 6.45) is 6.96. The molecule has 0 spiro atoms. The van der Waals surface area contributed by atoms with Crippen molar-refractivity contribution < 1.29 is 14.0 Å². The van der Waals surface area contributed by atoms with E-state index in [-0.39, 0.29) is 17.6 Å². The smallest absolute Gasteiger partial charge is 0.287 e. The summed E-state index contributed by atoms with van der Waals surface area (Å²) in [4.78, 5) is 27.1. The van der Waals surface area contributed by atoms with Crippen molar-refractivity contribution in [3.63, 3.8) is 0 Å². The zero-order chi connectivity index (χ0) is 19.1. The van der Waals surface area contributed by atoms with E-state index in [9.17, 15) is 9.59 Å². The molecule has 0 bridgehead atoms. The molecule has 1 atom stereocenters. The van der Waals surface area contributed by atoms with Crippen LogP contribution in [0.25, 0.3) is 5.57 Å². The molecular formula is C21H24N2O3S. The molecular weight excluding hydrogens is 360 g/mol. The van der Waals surface area contributed by atoms with Crippen molar-refractivity contribution in [3.8, 4) is 0 Å². The van der Waals surface area contributed by atoms with Crippen molar-refractivity contribution in [1.29, 1.82) is 0 Å². The van der Waals surface area contributed by atoms with Crippen molar-refractivity contribution in [1.82, 2.24) is 10.2 Å². The van der Waals surface area contributed by atoms with Crippen LogP contribution in [0.5, 0.6) is 0 Å². The molecule has 0 saturated carbocycles. The second kappa shape index (κ2) is 9.46. The van der Waals surface area contributed by atoms with Gasteiger partial charge in [-0.05, 0) is 48.1 Å². The van der Waals surface area contributed by atoms with Gasteiger partial charge in [0.1, 0.15) is 6.04 Å². The topological polar surface area (TPSA) is 62.6 Å². The molecule has 27 heavy (non-hydrogen) atoms. The summed E-state index contributed by atoms with van der Waals surface area (Å²) in [5.41, 5.74) is 2.47. The van der Waals surface area contributed by atoms with Gasteiger partial charge in [-0.2, -0.15) is 11.8 Å². The lowest BCUT2D eigenvalue weighted by atomic mass is 9.99. The first kappa shape index (κ1) is 19.3. The third-order valence-corrected chi connectivity index (χ3v) is 5.27. The third-order valence-electron chi connectivity index (χ3n) is 4.62. The Kier molecular flexibility index (Phi) is 6.76. The number of carbonyl (C=O) groups is 2. The number of furan rings is 1. The number of hydrogen-bond donors (Lipinski definition) is 1. The van der Waals surface area contributed by atoms with Crippen LogP contribution in [0.4, 0.5) is 0 Å². The number of hydrogen-bond acceptors (Lipinski definition) is 4. The summed E-state index contributed by atoms with van der Waals surface area (Å²) in [5, 5.41) is 2.84. The number of thioether (sulfide) groups is 1. The van der Waals surface area contributed by atoms with Crippen LogP contribution in [0, 0.1) is 0 Å². The first-order chi connectivity index (χ1) is 13.2. The van der Waals surface area contributed by atoms with Gasteiger partial charge in [-0.15, -0.1) is 0 Å². The van der Waals surface area contributed by atoms with Gasteiger partial charge >= 0.3 is 0 Å². The summed E-state index contributed by atoms with van der Waals surface area (Å²) in [5.74, 6) is 0.638. The van der Waals surface area contributed by atoms with Crippen LogP contribution in [-0.4, -0.2) is 47.9 Å². The van der Waals surface area contributed by atoms with Crippen molar-refractivity contribution in [2.24, 2.45) is 0 Å². The summed E-state index contributed by atoms with van der Waals surface area (Å²) in [7, 11) is 0. The fourth-order valence-electron chi connectivity index (χ4n) is 3.13. The van der Waals surface area contributed by atoms with Gasteiger partial charge in [0.05, 0.1) is 6.26 Å². The maximum atomic E-state index is 13.0. The first-order valence-corrected chi connectivity index (χ1v) is 10.4. The number of rotatable bonds is 7. The van der Waals surface area contributed by atoms with Crippen molar-refractivity contribution in [2.45, 2.75) is 18.9 Å². The molecule has 1 aliphatic heterocycles. The van der Waals surface area contributed by atoms with Crippen molar-refractivity contribution in [2.75, 3.05) is 25.1 Å². The molecule has 5 nitrogen and oxygen atoms in total. The highest BCUT2D eigenvalue weighted by atomic mass is 32.2. The molecule has 3 rings (SSSR count). The molecule has 0 radical (unpaired) electrons. The lowest BCUT2D eigenvalue weighted by Crippen LogP contribution is -2.49. The maximum absolute atomic E-state index is 13.0. The second-order valence-corrected chi connectivity index (χ2v) is 7.40. The van der Waals surface area contributed by atoms with E-state index < -0.39 is 6.04 Å². The minimum atomic E-state index is -0.540. The zero-order valence-electron chi connectivity index (χ0n) is 15.4. The van der Waals surface area contributed by atoms with Crippen LogP contribution in [-0.2, 0) is 4.79 Å². The molecule has 142 valence electrons. The zero-order valence-corrected chi connectivity index (χ0v) is 16.2. The molecule has 0 saturated heterocycles. The Morgan fingerprint density at radius 3 is 2.67 bits per heavy atom. The highest BCUT2D eigenvalue weighted by Crippen LogP contribution is 2.22. The van der Waals surface area contributed by atoms with Gasteiger partial charge < -0.3 is 14.6 Å². The Morgan fingerprint density at radius 1 is 1.22 bits per heavy atom. The molecule has 2 aromatic rings. The normalized spacial score (nSPS) is 15.1. The Labute approximate surface area is 163 Å². The number of carbonyl (C=O) groups excluding carboxylic acids is 2. The van der Waals surface area contributed by atoms with E-state index in [0.717, 1.165) is 12.2 Å². The van der Waals surface area contributed by atoms with E-state index in [1.807, 2.05) is 29.4 Å². The van der Waals surface area contributed by atoms with E-state index in [1.165, 1.54) is 17.4 Å². The van der Waals surface area contributed by atoms with E-state index in [0.29, 0.717) is 19.5 Å². The fraction of sp³-hybridized carbons (Fsp3) is 0.333. The van der Waals surface area contributed by atoms with E-state index in [1.54, 1.807) is 23.9 Å². The lowest BCUT2D eigenvalue weighted by Gasteiger charge is -2.30. The standard InChI is InChI=1S/C21H24N2O3S/c1-27-15-11-18(22-20(24)19-8-5-14-26-19)21(25)23-12-9-17(10-13-23)16-6-3-2-4-7-16/h2-9,14,18H,10-13,15H2,1H3,(H,22,24)/t18-/m1/s1. The molecule has 1 aromatic carbocycles. The van der Waals surface area contributed by atoms with Crippen molar-refractivity contribution in [3.05, 3.63) is 66.1 Å². The molecule has 1 N–H and O–H groups in total. The van der Waals surface area contributed by atoms with Crippen LogP contribution in [0.1, 0.15) is 29.0 Å². The first-order valence-electron chi connectivity index (χ1n) is 9.05. The molecule has 6 heteroatoms. The number of benzene rings is 1. The van der Waals surface area contributed by atoms with Gasteiger partial charge in [-0.25, -0.2) is 0 Å². The van der Waals surface area contributed by atoms with E-state index >= 15 is 0 Å². The average Bonchev–Trinajstić information content (AvgIpc) is 3.26. The number of nitrogens with one attached hydrogen (secondary N) is 1. The fourth-order valence-corrected chi connectivity index (χ4v) is 3.61. The SMILES string of the molecule is CSCC[C@@H](NC(=O)c1ccco1)C(=O)N1CC=C(c2ccccc2)CC1. The molecule has 0 fully saturated rings. The molecule has 0 aliphatic carbocycles. The Balaban J connectivity index is 1.65. The van der Waals surface area contributed by atoms with Crippen LogP contribution in [0.15, 0.2) is 59.2 Å². The Hall–Kier alpha value is -2.47. The highest BCUT2D eigenvalue weighted by molar-refractivity contribution is 7.98. The minimum Gasteiger partial charge on any atom is -0.459 e. The highest BCUT2D eigenvalue weighted by Gasteiger charge is 2.27. The molecule has 2 heterocycles. The predicted octanol–water partition coefficient (Wildman–Crippen LogP) is 3.45. The largest absolute Gasteiger partial charge is 0.459 e. The second-order valence-electron chi connectivity index (χ2n) is 6.41. The summed E-state index contributed by atoms with van der Waals surface area (Å²) >= 11 is 1.66. The van der Waals surface area contributed by atoms with Crippen molar-refractivity contribution >= 4 is 29.1 Å². The van der Waals surface area contributed by atoms with Gasteiger partial charge in [0, 0.05) is 13.1 Å². The monoisotopic (exact) mass is 384 g/mol. The summed E-state index contributed by atoms with van der Waals surface area (Å²) in [6, 6.07) is 13.0. The van der Waals surface area contributed by atoms with Gasteiger partial charge in [0.2, 0.25) is 5.91 Å². The van der Waals surface area contributed by atoms with Gasteiger partial charge in [0.25, 0.3) is 5.91 Å². The van der Waals surface area contributed by atoms with Crippen LogP contribution in [0.2, 0.25) is 0 Å². The maximum Gasteiger partial charge on any atom is 0.287 e. The third kappa shape index (κ3) is 5.04. The predicted molar refractivity (Wildman–Crippen MR) is 109 cm³/mol. The number of nitrogens with zero attached hydrogens (tertiary/aromatic N) is 1. The summed E-state index contributed by atoms with van der Waals surface area (Å²) < 4.78 is 5.14. The Morgan fingerprint density at radius 2 is 2.04 bits per heavy atom. The van der Waals surface area contributed by atoms with E-state index in [2.05, 4.69) is 23.5 Å². The quantitative estimate of drug-likeness (QED) is 0.794.